The van der Waals surface area contributed by atoms with E-state index in [0.717, 1.165) is 0 Å². The maximum atomic E-state index is 11.9. The van der Waals surface area contributed by atoms with Crippen LogP contribution in [0.4, 0.5) is 0 Å². The van der Waals surface area contributed by atoms with Gasteiger partial charge in [0, 0.05) is 18.6 Å². The van der Waals surface area contributed by atoms with Crippen LogP contribution in [0.2, 0.25) is 0 Å². The summed E-state index contributed by atoms with van der Waals surface area (Å²) in [6, 6.07) is 0.0869. The van der Waals surface area contributed by atoms with Crippen molar-refractivity contribution in [3.8, 4) is 0 Å². The summed E-state index contributed by atoms with van der Waals surface area (Å²) in [6.45, 7) is 4.06. The van der Waals surface area contributed by atoms with Crippen LogP contribution in [0.15, 0.2) is 0 Å². The molecular weight excluding hydrogens is 190 g/mol. The molecule has 0 aromatic rings. The number of hydrogen-bond donors (Lipinski definition) is 2. The highest BCUT2D eigenvalue weighted by Crippen LogP contribution is 2.57. The van der Waals surface area contributed by atoms with Crippen LogP contribution in [-0.2, 0) is 4.79 Å². The van der Waals surface area contributed by atoms with Gasteiger partial charge < -0.3 is 10.4 Å². The fourth-order valence-corrected chi connectivity index (χ4v) is 2.83. The van der Waals surface area contributed by atoms with E-state index in [0.29, 0.717) is 17.8 Å². The number of hydrogen-bond acceptors (Lipinski definition) is 2. The molecule has 2 aliphatic carbocycles. The van der Waals surface area contributed by atoms with Gasteiger partial charge in [-0.15, -0.1) is 0 Å². The molecule has 2 N–H and O–H groups in total. The molecule has 0 aliphatic heterocycles. The normalized spacial score (nSPS) is 36.9. The van der Waals surface area contributed by atoms with Crippen LogP contribution >= 0.6 is 0 Å². The van der Waals surface area contributed by atoms with Crippen molar-refractivity contribution < 1.29 is 9.90 Å². The first kappa shape index (κ1) is 10.9. The Balaban J connectivity index is 1.78. The SMILES string of the molecule is CC(CO)C(C)NC(=O)C1C2CCCC21. The first-order chi connectivity index (χ1) is 7.15. The van der Waals surface area contributed by atoms with Crippen molar-refractivity contribution >= 4 is 5.91 Å². The van der Waals surface area contributed by atoms with Crippen molar-refractivity contribution in [2.45, 2.75) is 39.2 Å². The highest BCUT2D eigenvalue weighted by atomic mass is 16.3. The maximum Gasteiger partial charge on any atom is 0.223 e. The van der Waals surface area contributed by atoms with E-state index >= 15 is 0 Å². The molecule has 3 heteroatoms. The Morgan fingerprint density at radius 1 is 1.40 bits per heavy atom. The molecule has 0 aromatic carbocycles. The van der Waals surface area contributed by atoms with Gasteiger partial charge in [-0.25, -0.2) is 0 Å². The highest BCUT2D eigenvalue weighted by molar-refractivity contribution is 5.82. The van der Waals surface area contributed by atoms with Gasteiger partial charge in [-0.3, -0.25) is 4.79 Å². The van der Waals surface area contributed by atoms with E-state index in [9.17, 15) is 4.79 Å². The van der Waals surface area contributed by atoms with Gasteiger partial charge in [0.2, 0.25) is 5.91 Å². The van der Waals surface area contributed by atoms with Crippen LogP contribution in [0, 0.1) is 23.7 Å². The molecule has 2 saturated carbocycles. The van der Waals surface area contributed by atoms with E-state index in [4.69, 9.17) is 5.11 Å². The topological polar surface area (TPSA) is 49.3 Å². The lowest BCUT2D eigenvalue weighted by molar-refractivity contribution is -0.124. The molecule has 1 amide bonds. The Morgan fingerprint density at radius 3 is 2.53 bits per heavy atom. The summed E-state index contributed by atoms with van der Waals surface area (Å²) in [6.07, 6.45) is 3.79. The van der Waals surface area contributed by atoms with Crippen LogP contribution in [0.1, 0.15) is 33.1 Å². The zero-order chi connectivity index (χ0) is 11.0. The molecule has 4 atom stereocenters. The van der Waals surface area contributed by atoms with Gasteiger partial charge in [0.25, 0.3) is 0 Å². The second kappa shape index (κ2) is 4.12. The third kappa shape index (κ3) is 2.03. The number of rotatable bonds is 4. The summed E-state index contributed by atoms with van der Waals surface area (Å²) < 4.78 is 0. The summed E-state index contributed by atoms with van der Waals surface area (Å²) in [5.74, 6) is 2.03. The van der Waals surface area contributed by atoms with Crippen LogP contribution in [0.5, 0.6) is 0 Å². The average molecular weight is 211 g/mol. The molecule has 4 unspecified atom stereocenters. The summed E-state index contributed by atoms with van der Waals surface area (Å²) in [5.41, 5.74) is 0. The number of fused-ring (bicyclic) bond motifs is 1. The van der Waals surface area contributed by atoms with Crippen LogP contribution in [0.3, 0.4) is 0 Å². The first-order valence-electron chi connectivity index (χ1n) is 6.06. The zero-order valence-electron chi connectivity index (χ0n) is 9.57. The maximum absolute atomic E-state index is 11.9. The molecule has 0 saturated heterocycles. The quantitative estimate of drug-likeness (QED) is 0.733. The molecule has 3 nitrogen and oxygen atoms in total. The predicted octanol–water partition coefficient (Wildman–Crippen LogP) is 1.17. The number of carbonyl (C=O) groups is 1. The predicted molar refractivity (Wildman–Crippen MR) is 58.2 cm³/mol. The highest BCUT2D eigenvalue weighted by Gasteiger charge is 2.56. The van der Waals surface area contributed by atoms with Gasteiger partial charge >= 0.3 is 0 Å². The first-order valence-corrected chi connectivity index (χ1v) is 6.06. The van der Waals surface area contributed by atoms with Gasteiger partial charge in [-0.2, -0.15) is 0 Å². The molecule has 2 aliphatic rings. The van der Waals surface area contributed by atoms with Crippen molar-refractivity contribution in [1.29, 1.82) is 0 Å². The van der Waals surface area contributed by atoms with E-state index in [1.165, 1.54) is 19.3 Å². The Morgan fingerprint density at radius 2 is 2.00 bits per heavy atom. The lowest BCUT2D eigenvalue weighted by atomic mass is 10.0. The van der Waals surface area contributed by atoms with E-state index in [-0.39, 0.29) is 24.5 Å². The third-order valence-corrected chi connectivity index (χ3v) is 4.22. The fourth-order valence-electron chi connectivity index (χ4n) is 2.83. The second-order valence-corrected chi connectivity index (χ2v) is 5.24. The van der Waals surface area contributed by atoms with E-state index in [2.05, 4.69) is 5.32 Å². The third-order valence-electron chi connectivity index (χ3n) is 4.22. The van der Waals surface area contributed by atoms with Crippen molar-refractivity contribution in [3.05, 3.63) is 0 Å². The number of aliphatic hydroxyl groups excluding tert-OH is 1. The van der Waals surface area contributed by atoms with Crippen molar-refractivity contribution in [2.24, 2.45) is 23.7 Å². The minimum atomic E-state index is 0.0869. The van der Waals surface area contributed by atoms with Gasteiger partial charge in [-0.1, -0.05) is 13.3 Å². The molecule has 0 radical (unpaired) electrons. The van der Waals surface area contributed by atoms with Gasteiger partial charge in [0.1, 0.15) is 0 Å². The minimum Gasteiger partial charge on any atom is -0.396 e. The van der Waals surface area contributed by atoms with Crippen LogP contribution in [0.25, 0.3) is 0 Å². The van der Waals surface area contributed by atoms with Crippen LogP contribution in [-0.4, -0.2) is 23.7 Å². The average Bonchev–Trinajstić information content (AvgIpc) is 2.72. The monoisotopic (exact) mass is 211 g/mol. The molecule has 0 spiro atoms. The number of aliphatic hydroxyl groups is 1. The Hall–Kier alpha value is -0.570. The molecule has 15 heavy (non-hydrogen) atoms. The van der Waals surface area contributed by atoms with E-state index in [1.54, 1.807) is 0 Å². The molecule has 2 rings (SSSR count). The number of carbonyl (C=O) groups excluding carboxylic acids is 1. The summed E-state index contributed by atoms with van der Waals surface area (Å²) in [4.78, 5) is 11.9. The lowest BCUT2D eigenvalue weighted by Gasteiger charge is -2.19. The van der Waals surface area contributed by atoms with Crippen LogP contribution < -0.4 is 5.32 Å². The molecule has 2 fully saturated rings. The Bertz CT molecular complexity index is 244. The molecule has 0 aromatic heterocycles. The van der Waals surface area contributed by atoms with E-state index in [1.807, 2.05) is 13.8 Å². The molecule has 86 valence electrons. The fraction of sp³-hybridized carbons (Fsp3) is 0.917. The largest absolute Gasteiger partial charge is 0.396 e. The number of nitrogens with one attached hydrogen (secondary N) is 1. The second-order valence-electron chi connectivity index (χ2n) is 5.24. The van der Waals surface area contributed by atoms with Gasteiger partial charge in [-0.05, 0) is 37.5 Å². The van der Waals surface area contributed by atoms with Gasteiger partial charge in [0.15, 0.2) is 0 Å². The lowest BCUT2D eigenvalue weighted by Crippen LogP contribution is -2.39. The van der Waals surface area contributed by atoms with Gasteiger partial charge in [0.05, 0.1) is 0 Å². The standard InChI is InChI=1S/C12H21NO2/c1-7(6-14)8(2)13-12(15)11-9-4-3-5-10(9)11/h7-11,14H,3-6H2,1-2H3,(H,13,15). The zero-order valence-corrected chi connectivity index (χ0v) is 9.57. The van der Waals surface area contributed by atoms with Crippen molar-refractivity contribution in [2.75, 3.05) is 6.61 Å². The smallest absolute Gasteiger partial charge is 0.223 e. The Labute approximate surface area is 91.2 Å². The summed E-state index contributed by atoms with van der Waals surface area (Å²) in [5, 5.41) is 12.0. The van der Waals surface area contributed by atoms with Crippen molar-refractivity contribution in [1.82, 2.24) is 5.32 Å². The number of amides is 1. The minimum absolute atomic E-state index is 0.0869. The molecule has 0 bridgehead atoms. The summed E-state index contributed by atoms with van der Waals surface area (Å²) >= 11 is 0. The Kier molecular flexibility index (Phi) is 3.01. The molecular formula is C12H21NO2. The van der Waals surface area contributed by atoms with E-state index < -0.39 is 0 Å². The molecule has 0 heterocycles. The summed E-state index contributed by atoms with van der Waals surface area (Å²) in [7, 11) is 0. The van der Waals surface area contributed by atoms with Crippen molar-refractivity contribution in [3.63, 3.8) is 0 Å².